The van der Waals surface area contributed by atoms with Crippen LogP contribution in [-0.4, -0.2) is 24.3 Å². The van der Waals surface area contributed by atoms with Gasteiger partial charge in [-0.25, -0.2) is 0 Å². The van der Waals surface area contributed by atoms with Crippen LogP contribution in [0.25, 0.3) is 0 Å². The van der Waals surface area contributed by atoms with Gasteiger partial charge in [0.25, 0.3) is 0 Å². The lowest BCUT2D eigenvalue weighted by molar-refractivity contribution is 0.150. The molecule has 0 aromatic carbocycles. The Morgan fingerprint density at radius 1 is 1.21 bits per heavy atom. The fourth-order valence-electron chi connectivity index (χ4n) is 1.32. The minimum absolute atomic E-state index is 0.109. The number of nitrogens with one attached hydrogen (secondary N) is 1. The minimum Gasteiger partial charge on any atom is -0.393 e. The van der Waals surface area contributed by atoms with Crippen molar-refractivity contribution in [1.29, 1.82) is 0 Å². The van der Waals surface area contributed by atoms with E-state index in [1.165, 1.54) is 6.42 Å². The quantitative estimate of drug-likeness (QED) is 0.620. The zero-order valence-electron chi connectivity index (χ0n) is 10.3. The second kappa shape index (κ2) is 7.24. The van der Waals surface area contributed by atoms with Crippen LogP contribution in [0.2, 0.25) is 0 Å². The minimum atomic E-state index is -0.109. The lowest BCUT2D eigenvalue weighted by Gasteiger charge is -2.19. The number of rotatable bonds is 7. The van der Waals surface area contributed by atoms with Gasteiger partial charge in [-0.3, -0.25) is 0 Å². The van der Waals surface area contributed by atoms with Crippen LogP contribution >= 0.6 is 0 Å². The van der Waals surface area contributed by atoms with Crippen LogP contribution < -0.4 is 5.32 Å². The van der Waals surface area contributed by atoms with Gasteiger partial charge in [0.1, 0.15) is 0 Å². The van der Waals surface area contributed by atoms with Gasteiger partial charge in [-0.15, -0.1) is 0 Å². The molecule has 0 rings (SSSR count). The molecule has 0 bridgehead atoms. The third-order valence-electron chi connectivity index (χ3n) is 2.20. The summed E-state index contributed by atoms with van der Waals surface area (Å²) in [6.07, 6.45) is 4.04. The smallest absolute Gasteiger partial charge is 0.0552 e. The molecule has 0 aliphatic rings. The second-order valence-electron chi connectivity index (χ2n) is 5.32. The third kappa shape index (κ3) is 10.0. The molecule has 0 aliphatic carbocycles. The van der Waals surface area contributed by atoms with Crippen molar-refractivity contribution in [1.82, 2.24) is 5.32 Å². The highest BCUT2D eigenvalue weighted by atomic mass is 16.3. The van der Waals surface area contributed by atoms with Crippen molar-refractivity contribution in [3.8, 4) is 0 Å². The van der Waals surface area contributed by atoms with Crippen molar-refractivity contribution in [2.45, 2.75) is 59.5 Å². The average Bonchev–Trinajstić information content (AvgIpc) is 2.07. The normalized spacial score (nSPS) is 14.4. The van der Waals surface area contributed by atoms with Gasteiger partial charge in [0, 0.05) is 0 Å². The fraction of sp³-hybridized carbons (Fsp3) is 1.00. The van der Waals surface area contributed by atoms with Gasteiger partial charge < -0.3 is 10.4 Å². The zero-order chi connectivity index (χ0) is 11.0. The van der Waals surface area contributed by atoms with E-state index in [-0.39, 0.29) is 6.10 Å². The zero-order valence-corrected chi connectivity index (χ0v) is 10.3. The van der Waals surface area contributed by atoms with Gasteiger partial charge in [0.2, 0.25) is 0 Å². The monoisotopic (exact) mass is 201 g/mol. The van der Waals surface area contributed by atoms with Crippen molar-refractivity contribution in [2.24, 2.45) is 5.41 Å². The molecule has 86 valence electrons. The Morgan fingerprint density at radius 2 is 1.86 bits per heavy atom. The Hall–Kier alpha value is -0.0800. The SMILES string of the molecule is CCCC[C@H](O)CCNCC(C)(C)C. The molecule has 2 N–H and O–H groups in total. The molecule has 0 saturated carbocycles. The van der Waals surface area contributed by atoms with Crippen molar-refractivity contribution >= 4 is 0 Å². The molecular formula is C12H27NO. The first-order valence-corrected chi connectivity index (χ1v) is 5.84. The van der Waals surface area contributed by atoms with Gasteiger partial charge >= 0.3 is 0 Å². The molecule has 1 atom stereocenters. The van der Waals surface area contributed by atoms with E-state index in [9.17, 15) is 5.11 Å². The van der Waals surface area contributed by atoms with E-state index in [0.29, 0.717) is 5.41 Å². The number of aliphatic hydroxyl groups excluding tert-OH is 1. The highest BCUT2D eigenvalue weighted by Gasteiger charge is 2.09. The van der Waals surface area contributed by atoms with E-state index in [2.05, 4.69) is 33.0 Å². The van der Waals surface area contributed by atoms with Gasteiger partial charge in [0.15, 0.2) is 0 Å². The molecule has 0 spiro atoms. The maximum Gasteiger partial charge on any atom is 0.0552 e. The third-order valence-corrected chi connectivity index (χ3v) is 2.20. The Bertz CT molecular complexity index is 129. The van der Waals surface area contributed by atoms with Crippen LogP contribution in [0.15, 0.2) is 0 Å². The van der Waals surface area contributed by atoms with Gasteiger partial charge in [-0.2, -0.15) is 0 Å². The van der Waals surface area contributed by atoms with Crippen molar-refractivity contribution in [2.75, 3.05) is 13.1 Å². The predicted molar refractivity (Wildman–Crippen MR) is 62.5 cm³/mol. The number of unbranched alkanes of at least 4 members (excludes halogenated alkanes) is 1. The summed E-state index contributed by atoms with van der Waals surface area (Å²) in [7, 11) is 0. The highest BCUT2D eigenvalue weighted by molar-refractivity contribution is 4.66. The Balaban J connectivity index is 3.27. The number of aliphatic hydroxyl groups is 1. The molecule has 0 unspecified atom stereocenters. The highest BCUT2D eigenvalue weighted by Crippen LogP contribution is 2.10. The summed E-state index contributed by atoms with van der Waals surface area (Å²) in [5.74, 6) is 0. The molecule has 0 heterocycles. The van der Waals surface area contributed by atoms with Gasteiger partial charge in [-0.1, -0.05) is 40.5 Å². The lowest BCUT2D eigenvalue weighted by Crippen LogP contribution is -2.29. The van der Waals surface area contributed by atoms with E-state index in [4.69, 9.17) is 0 Å². The molecule has 0 aromatic heterocycles. The molecule has 0 saturated heterocycles. The molecule has 0 aromatic rings. The van der Waals surface area contributed by atoms with E-state index in [0.717, 1.165) is 32.4 Å². The molecule has 2 heteroatoms. The maximum absolute atomic E-state index is 9.57. The first kappa shape index (κ1) is 13.9. The van der Waals surface area contributed by atoms with E-state index >= 15 is 0 Å². The van der Waals surface area contributed by atoms with Crippen LogP contribution in [-0.2, 0) is 0 Å². The average molecular weight is 201 g/mol. The van der Waals surface area contributed by atoms with Crippen molar-refractivity contribution < 1.29 is 5.11 Å². The van der Waals surface area contributed by atoms with Crippen LogP contribution in [0, 0.1) is 5.41 Å². The Labute approximate surface area is 89.1 Å². The Morgan fingerprint density at radius 3 is 2.36 bits per heavy atom. The largest absolute Gasteiger partial charge is 0.393 e. The number of hydrogen-bond donors (Lipinski definition) is 2. The fourth-order valence-corrected chi connectivity index (χ4v) is 1.32. The van der Waals surface area contributed by atoms with Gasteiger partial charge in [0.05, 0.1) is 6.10 Å². The predicted octanol–water partition coefficient (Wildman–Crippen LogP) is 2.56. The molecule has 0 fully saturated rings. The molecule has 0 radical (unpaired) electrons. The standard InChI is InChI=1S/C12H27NO/c1-5-6-7-11(14)8-9-13-10-12(2,3)4/h11,13-14H,5-10H2,1-4H3/t11-/m0/s1. The summed E-state index contributed by atoms with van der Waals surface area (Å²) >= 11 is 0. The topological polar surface area (TPSA) is 32.3 Å². The van der Waals surface area contributed by atoms with Crippen LogP contribution in [0.1, 0.15) is 53.4 Å². The summed E-state index contributed by atoms with van der Waals surface area (Å²) in [5, 5.41) is 12.9. The van der Waals surface area contributed by atoms with E-state index in [1.807, 2.05) is 0 Å². The molecule has 14 heavy (non-hydrogen) atoms. The molecule has 2 nitrogen and oxygen atoms in total. The van der Waals surface area contributed by atoms with Crippen LogP contribution in [0.4, 0.5) is 0 Å². The summed E-state index contributed by atoms with van der Waals surface area (Å²) in [5.41, 5.74) is 0.342. The summed E-state index contributed by atoms with van der Waals surface area (Å²) < 4.78 is 0. The molecule has 0 aliphatic heterocycles. The first-order valence-electron chi connectivity index (χ1n) is 5.84. The summed E-state index contributed by atoms with van der Waals surface area (Å²) in [6, 6.07) is 0. The van der Waals surface area contributed by atoms with Crippen LogP contribution in [0.3, 0.4) is 0 Å². The maximum atomic E-state index is 9.57. The van der Waals surface area contributed by atoms with Crippen LogP contribution in [0.5, 0.6) is 0 Å². The first-order chi connectivity index (χ1) is 6.45. The Kier molecular flexibility index (Phi) is 7.20. The van der Waals surface area contributed by atoms with Crippen molar-refractivity contribution in [3.63, 3.8) is 0 Å². The molecular weight excluding hydrogens is 174 g/mol. The summed E-state index contributed by atoms with van der Waals surface area (Å²) in [4.78, 5) is 0. The molecule has 0 amide bonds. The van der Waals surface area contributed by atoms with E-state index < -0.39 is 0 Å². The second-order valence-corrected chi connectivity index (χ2v) is 5.32. The summed E-state index contributed by atoms with van der Waals surface area (Å²) in [6.45, 7) is 10.8. The van der Waals surface area contributed by atoms with Gasteiger partial charge in [-0.05, 0) is 31.3 Å². The number of hydrogen-bond acceptors (Lipinski definition) is 2. The van der Waals surface area contributed by atoms with Crippen molar-refractivity contribution in [3.05, 3.63) is 0 Å². The van der Waals surface area contributed by atoms with E-state index in [1.54, 1.807) is 0 Å². The lowest BCUT2D eigenvalue weighted by atomic mass is 9.97.